The number of benzene rings is 1. The Balaban J connectivity index is 1.48. The van der Waals surface area contributed by atoms with Crippen molar-refractivity contribution in [1.82, 2.24) is 20.2 Å². The topological polar surface area (TPSA) is 52.8 Å². The predicted octanol–water partition coefficient (Wildman–Crippen LogP) is 3.61. The van der Waals surface area contributed by atoms with Crippen LogP contribution in [0.3, 0.4) is 0 Å². The SMILES string of the molecule is Clc1cccc(OCCSc2nnnn2C2CCCC2)c1. The van der Waals surface area contributed by atoms with Gasteiger partial charge in [-0.25, -0.2) is 4.68 Å². The third-order valence-electron chi connectivity index (χ3n) is 3.51. The first-order chi connectivity index (χ1) is 10.3. The molecule has 0 bridgehead atoms. The van der Waals surface area contributed by atoms with Crippen molar-refractivity contribution in [3.8, 4) is 5.75 Å². The average Bonchev–Trinajstić information content (AvgIpc) is 3.14. The van der Waals surface area contributed by atoms with Crippen molar-refractivity contribution in [2.75, 3.05) is 12.4 Å². The van der Waals surface area contributed by atoms with E-state index >= 15 is 0 Å². The van der Waals surface area contributed by atoms with Crippen LogP contribution in [-0.2, 0) is 0 Å². The Hall–Kier alpha value is -1.27. The highest BCUT2D eigenvalue weighted by atomic mass is 35.5. The number of nitrogens with zero attached hydrogens (tertiary/aromatic N) is 4. The van der Waals surface area contributed by atoms with Crippen LogP contribution < -0.4 is 4.74 Å². The molecule has 1 aliphatic rings. The molecule has 2 aromatic rings. The molecule has 7 heteroatoms. The Morgan fingerprint density at radius 1 is 1.33 bits per heavy atom. The van der Waals surface area contributed by atoms with Crippen LogP contribution in [0.4, 0.5) is 0 Å². The number of hydrogen-bond donors (Lipinski definition) is 0. The van der Waals surface area contributed by atoms with Gasteiger partial charge in [-0.3, -0.25) is 0 Å². The lowest BCUT2D eigenvalue weighted by Gasteiger charge is -2.11. The normalized spacial score (nSPS) is 15.5. The summed E-state index contributed by atoms with van der Waals surface area (Å²) in [6.07, 6.45) is 4.90. The highest BCUT2D eigenvalue weighted by molar-refractivity contribution is 7.99. The van der Waals surface area contributed by atoms with Crippen molar-refractivity contribution >= 4 is 23.4 Å². The summed E-state index contributed by atoms with van der Waals surface area (Å²) in [5, 5.41) is 13.6. The number of aromatic nitrogens is 4. The zero-order valence-corrected chi connectivity index (χ0v) is 13.2. The van der Waals surface area contributed by atoms with Crippen LogP contribution in [-0.4, -0.2) is 32.6 Å². The molecule has 1 fully saturated rings. The maximum Gasteiger partial charge on any atom is 0.209 e. The molecule has 0 amide bonds. The predicted molar refractivity (Wildman–Crippen MR) is 83.0 cm³/mol. The summed E-state index contributed by atoms with van der Waals surface area (Å²) in [7, 11) is 0. The Kier molecular flexibility index (Phi) is 4.98. The maximum absolute atomic E-state index is 5.92. The number of halogens is 1. The van der Waals surface area contributed by atoms with Crippen LogP contribution in [0.2, 0.25) is 5.02 Å². The van der Waals surface area contributed by atoms with Gasteiger partial charge in [0.05, 0.1) is 12.6 Å². The van der Waals surface area contributed by atoms with Gasteiger partial charge in [0.2, 0.25) is 5.16 Å². The van der Waals surface area contributed by atoms with Gasteiger partial charge in [0.25, 0.3) is 0 Å². The van der Waals surface area contributed by atoms with Crippen LogP contribution in [0.15, 0.2) is 29.4 Å². The highest BCUT2D eigenvalue weighted by Gasteiger charge is 2.21. The number of tetrazole rings is 1. The fourth-order valence-electron chi connectivity index (χ4n) is 2.51. The van der Waals surface area contributed by atoms with Crippen molar-refractivity contribution in [3.63, 3.8) is 0 Å². The minimum atomic E-state index is 0.469. The molecule has 0 atom stereocenters. The molecule has 0 spiro atoms. The molecule has 0 aliphatic heterocycles. The van der Waals surface area contributed by atoms with Gasteiger partial charge in [0.1, 0.15) is 5.75 Å². The standard InChI is InChI=1S/C14H17ClN4OS/c15-11-4-3-7-13(10-11)20-8-9-21-14-16-17-18-19(14)12-5-1-2-6-12/h3-4,7,10,12H,1-2,5-6,8-9H2. The summed E-state index contributed by atoms with van der Waals surface area (Å²) in [6.45, 7) is 0.600. The number of ether oxygens (including phenoxy) is 1. The minimum absolute atomic E-state index is 0.469. The van der Waals surface area contributed by atoms with E-state index in [-0.39, 0.29) is 0 Å². The lowest BCUT2D eigenvalue weighted by atomic mass is 10.3. The Morgan fingerprint density at radius 3 is 3.00 bits per heavy atom. The average molecular weight is 325 g/mol. The summed E-state index contributed by atoms with van der Waals surface area (Å²) < 4.78 is 7.64. The van der Waals surface area contributed by atoms with Crippen LogP contribution in [0, 0.1) is 0 Å². The van der Waals surface area contributed by atoms with Gasteiger partial charge in [0, 0.05) is 10.8 Å². The molecule has 1 saturated carbocycles. The van der Waals surface area contributed by atoms with Gasteiger partial charge in [-0.2, -0.15) is 0 Å². The second kappa shape index (κ2) is 7.13. The summed E-state index contributed by atoms with van der Waals surface area (Å²) >= 11 is 7.55. The first-order valence-electron chi connectivity index (χ1n) is 7.12. The van der Waals surface area contributed by atoms with Crippen LogP contribution in [0.25, 0.3) is 0 Å². The monoisotopic (exact) mass is 324 g/mol. The quantitative estimate of drug-likeness (QED) is 0.600. The number of hydrogen-bond acceptors (Lipinski definition) is 5. The minimum Gasteiger partial charge on any atom is -0.493 e. The van der Waals surface area contributed by atoms with Gasteiger partial charge in [-0.05, 0) is 41.5 Å². The van der Waals surface area contributed by atoms with E-state index in [1.807, 2.05) is 28.9 Å². The third-order valence-corrected chi connectivity index (χ3v) is 4.65. The van der Waals surface area contributed by atoms with E-state index in [0.717, 1.165) is 16.7 Å². The second-order valence-electron chi connectivity index (χ2n) is 5.00. The van der Waals surface area contributed by atoms with E-state index in [2.05, 4.69) is 15.5 Å². The number of thioether (sulfide) groups is 1. The zero-order valence-electron chi connectivity index (χ0n) is 11.6. The smallest absolute Gasteiger partial charge is 0.209 e. The molecule has 0 unspecified atom stereocenters. The third kappa shape index (κ3) is 3.89. The molecular formula is C14H17ClN4OS. The molecule has 5 nitrogen and oxygen atoms in total. The summed E-state index contributed by atoms with van der Waals surface area (Å²) in [5.74, 6) is 1.60. The second-order valence-corrected chi connectivity index (χ2v) is 6.50. The Morgan fingerprint density at radius 2 is 2.19 bits per heavy atom. The molecule has 112 valence electrons. The molecule has 0 N–H and O–H groups in total. The van der Waals surface area contributed by atoms with E-state index < -0.39 is 0 Å². The van der Waals surface area contributed by atoms with Gasteiger partial charge >= 0.3 is 0 Å². The van der Waals surface area contributed by atoms with Gasteiger partial charge < -0.3 is 4.74 Å². The lowest BCUT2D eigenvalue weighted by Crippen LogP contribution is -2.09. The van der Waals surface area contributed by atoms with Crippen LogP contribution in [0.1, 0.15) is 31.7 Å². The largest absolute Gasteiger partial charge is 0.493 e. The highest BCUT2D eigenvalue weighted by Crippen LogP contribution is 2.31. The Bertz CT molecular complexity index is 586. The van der Waals surface area contributed by atoms with E-state index in [0.29, 0.717) is 17.7 Å². The Labute approximate surface area is 133 Å². The van der Waals surface area contributed by atoms with Crippen molar-refractivity contribution in [2.24, 2.45) is 0 Å². The molecular weight excluding hydrogens is 308 g/mol. The van der Waals surface area contributed by atoms with Crippen molar-refractivity contribution in [1.29, 1.82) is 0 Å². The molecule has 21 heavy (non-hydrogen) atoms. The van der Waals surface area contributed by atoms with E-state index in [1.165, 1.54) is 25.7 Å². The molecule has 1 aromatic heterocycles. The van der Waals surface area contributed by atoms with Crippen molar-refractivity contribution in [2.45, 2.75) is 36.9 Å². The first kappa shape index (κ1) is 14.7. The summed E-state index contributed by atoms with van der Waals surface area (Å²) in [6, 6.07) is 7.90. The number of rotatable bonds is 6. The molecule has 3 rings (SSSR count). The van der Waals surface area contributed by atoms with Crippen LogP contribution >= 0.6 is 23.4 Å². The van der Waals surface area contributed by atoms with Gasteiger partial charge in [0.15, 0.2) is 0 Å². The van der Waals surface area contributed by atoms with Gasteiger partial charge in [-0.1, -0.05) is 42.3 Å². The molecule has 0 saturated heterocycles. The van der Waals surface area contributed by atoms with E-state index in [9.17, 15) is 0 Å². The summed E-state index contributed by atoms with van der Waals surface area (Å²) in [4.78, 5) is 0. The van der Waals surface area contributed by atoms with E-state index in [1.54, 1.807) is 11.8 Å². The fourth-order valence-corrected chi connectivity index (χ4v) is 3.45. The summed E-state index contributed by atoms with van der Waals surface area (Å²) in [5.41, 5.74) is 0. The zero-order chi connectivity index (χ0) is 14.5. The van der Waals surface area contributed by atoms with Gasteiger partial charge in [-0.15, -0.1) is 5.10 Å². The lowest BCUT2D eigenvalue weighted by molar-refractivity contribution is 0.343. The first-order valence-corrected chi connectivity index (χ1v) is 8.48. The molecule has 0 radical (unpaired) electrons. The van der Waals surface area contributed by atoms with Crippen molar-refractivity contribution in [3.05, 3.63) is 29.3 Å². The maximum atomic E-state index is 5.92. The molecule has 1 heterocycles. The fraction of sp³-hybridized carbons (Fsp3) is 0.500. The van der Waals surface area contributed by atoms with Crippen molar-refractivity contribution < 1.29 is 4.74 Å². The van der Waals surface area contributed by atoms with Crippen LogP contribution in [0.5, 0.6) is 5.75 Å². The molecule has 1 aliphatic carbocycles. The molecule has 1 aromatic carbocycles. The van der Waals surface area contributed by atoms with E-state index in [4.69, 9.17) is 16.3 Å².